The highest BCUT2D eigenvalue weighted by Gasteiger charge is 2.15. The summed E-state index contributed by atoms with van der Waals surface area (Å²) in [6.45, 7) is 6.24. The molecular formula is C22H22N6O4S. The Balaban J connectivity index is 1.59. The molecule has 170 valence electrons. The third kappa shape index (κ3) is 6.50. The first-order valence-electron chi connectivity index (χ1n) is 9.92. The molecule has 0 aliphatic heterocycles. The predicted molar refractivity (Wildman–Crippen MR) is 125 cm³/mol. The molecule has 2 aromatic carbocycles. The second-order valence-electron chi connectivity index (χ2n) is 6.99. The first-order valence-corrected chi connectivity index (χ1v) is 10.9. The Morgan fingerprint density at radius 2 is 1.97 bits per heavy atom. The van der Waals surface area contributed by atoms with Crippen LogP contribution in [0.4, 0.5) is 11.4 Å². The number of non-ortho nitro benzene ring substituents is 1. The molecule has 1 heterocycles. The number of nitrogens with one attached hydrogen (secondary N) is 2. The second-order valence-corrected chi connectivity index (χ2v) is 7.93. The van der Waals surface area contributed by atoms with E-state index < -0.39 is 4.92 Å². The number of thioether (sulfide) groups is 1. The molecule has 0 atom stereocenters. The van der Waals surface area contributed by atoms with Gasteiger partial charge in [0.25, 0.3) is 11.6 Å². The van der Waals surface area contributed by atoms with E-state index in [0.29, 0.717) is 28.8 Å². The van der Waals surface area contributed by atoms with Crippen molar-refractivity contribution in [1.82, 2.24) is 20.1 Å². The molecule has 10 nitrogen and oxygen atoms in total. The lowest BCUT2D eigenvalue weighted by Crippen LogP contribution is -2.25. The maximum atomic E-state index is 12.4. The molecule has 0 saturated carbocycles. The first-order chi connectivity index (χ1) is 15.9. The van der Waals surface area contributed by atoms with Crippen molar-refractivity contribution in [3.05, 3.63) is 88.3 Å². The van der Waals surface area contributed by atoms with Gasteiger partial charge in [-0.25, -0.2) is 0 Å². The van der Waals surface area contributed by atoms with Crippen LogP contribution in [0.2, 0.25) is 0 Å². The van der Waals surface area contributed by atoms with Crippen LogP contribution < -0.4 is 10.6 Å². The van der Waals surface area contributed by atoms with Crippen LogP contribution in [0.5, 0.6) is 0 Å². The molecular weight excluding hydrogens is 444 g/mol. The maximum Gasteiger partial charge on any atom is 0.269 e. The van der Waals surface area contributed by atoms with Crippen LogP contribution in [0.25, 0.3) is 0 Å². The summed E-state index contributed by atoms with van der Waals surface area (Å²) in [5.74, 6) is 0.0797. The number of benzene rings is 2. The maximum absolute atomic E-state index is 12.4. The van der Waals surface area contributed by atoms with E-state index in [1.165, 1.54) is 36.0 Å². The van der Waals surface area contributed by atoms with Gasteiger partial charge in [0.2, 0.25) is 5.91 Å². The van der Waals surface area contributed by atoms with Crippen LogP contribution in [-0.2, 0) is 17.9 Å². The molecule has 0 unspecified atom stereocenters. The number of aryl methyl sites for hydroxylation is 1. The van der Waals surface area contributed by atoms with Crippen molar-refractivity contribution < 1.29 is 14.5 Å². The first kappa shape index (κ1) is 23.7. The highest BCUT2D eigenvalue weighted by atomic mass is 32.2. The Morgan fingerprint density at radius 1 is 1.21 bits per heavy atom. The van der Waals surface area contributed by atoms with E-state index in [9.17, 15) is 19.7 Å². The highest BCUT2D eigenvalue weighted by Crippen LogP contribution is 2.19. The summed E-state index contributed by atoms with van der Waals surface area (Å²) in [6.07, 6.45) is 1.68. The number of hydrogen-bond acceptors (Lipinski definition) is 7. The van der Waals surface area contributed by atoms with E-state index in [4.69, 9.17) is 0 Å². The van der Waals surface area contributed by atoms with Crippen molar-refractivity contribution in [2.24, 2.45) is 0 Å². The Hall–Kier alpha value is -3.99. The zero-order chi connectivity index (χ0) is 23.8. The lowest BCUT2D eigenvalue weighted by atomic mass is 10.1. The van der Waals surface area contributed by atoms with E-state index in [-0.39, 0.29) is 29.8 Å². The summed E-state index contributed by atoms with van der Waals surface area (Å²) in [5, 5.41) is 25.0. The van der Waals surface area contributed by atoms with Crippen molar-refractivity contribution in [2.75, 3.05) is 11.1 Å². The van der Waals surface area contributed by atoms with Crippen LogP contribution in [0.1, 0.15) is 21.7 Å². The monoisotopic (exact) mass is 466 g/mol. The summed E-state index contributed by atoms with van der Waals surface area (Å²) < 4.78 is 1.77. The molecule has 0 saturated heterocycles. The van der Waals surface area contributed by atoms with Crippen LogP contribution in [0.3, 0.4) is 0 Å². The highest BCUT2D eigenvalue weighted by molar-refractivity contribution is 7.99. The molecule has 2 N–H and O–H groups in total. The third-order valence-corrected chi connectivity index (χ3v) is 5.45. The number of anilines is 1. The Kier molecular flexibility index (Phi) is 7.92. The fourth-order valence-corrected chi connectivity index (χ4v) is 3.68. The number of nitrogens with zero attached hydrogens (tertiary/aromatic N) is 4. The normalized spacial score (nSPS) is 10.5. The minimum absolute atomic E-state index is 0.0538. The zero-order valence-electron chi connectivity index (χ0n) is 17.9. The van der Waals surface area contributed by atoms with Gasteiger partial charge in [-0.3, -0.25) is 19.7 Å². The van der Waals surface area contributed by atoms with Crippen LogP contribution in [-0.4, -0.2) is 37.3 Å². The van der Waals surface area contributed by atoms with Crippen LogP contribution in [0, 0.1) is 17.0 Å². The molecule has 0 fully saturated rings. The molecule has 11 heteroatoms. The lowest BCUT2D eigenvalue weighted by molar-refractivity contribution is -0.384. The van der Waals surface area contributed by atoms with E-state index in [2.05, 4.69) is 27.4 Å². The molecule has 0 aliphatic carbocycles. The van der Waals surface area contributed by atoms with Crippen molar-refractivity contribution >= 4 is 35.0 Å². The van der Waals surface area contributed by atoms with Gasteiger partial charge in [0, 0.05) is 29.9 Å². The number of amides is 2. The van der Waals surface area contributed by atoms with Gasteiger partial charge in [-0.1, -0.05) is 35.5 Å². The lowest BCUT2D eigenvalue weighted by Gasteiger charge is -2.09. The minimum Gasteiger partial charge on any atom is -0.345 e. The number of hydrogen-bond donors (Lipinski definition) is 2. The average molecular weight is 467 g/mol. The fraction of sp³-hybridized carbons (Fsp3) is 0.182. The van der Waals surface area contributed by atoms with Crippen LogP contribution >= 0.6 is 11.8 Å². The van der Waals surface area contributed by atoms with Crippen molar-refractivity contribution in [3.63, 3.8) is 0 Å². The van der Waals surface area contributed by atoms with Gasteiger partial charge in [-0.05, 0) is 31.2 Å². The van der Waals surface area contributed by atoms with Gasteiger partial charge >= 0.3 is 0 Å². The van der Waals surface area contributed by atoms with Gasteiger partial charge in [-0.15, -0.1) is 16.8 Å². The molecule has 2 amide bonds. The smallest absolute Gasteiger partial charge is 0.269 e. The number of carbonyl (C=O) groups is 2. The molecule has 33 heavy (non-hydrogen) atoms. The predicted octanol–water partition coefficient (Wildman–Crippen LogP) is 3.34. The summed E-state index contributed by atoms with van der Waals surface area (Å²) in [7, 11) is 0. The summed E-state index contributed by atoms with van der Waals surface area (Å²) in [5.41, 5.74) is 1.95. The average Bonchev–Trinajstić information content (AvgIpc) is 3.18. The van der Waals surface area contributed by atoms with Crippen LogP contribution in [0.15, 0.2) is 66.3 Å². The molecule has 0 spiro atoms. The topological polar surface area (TPSA) is 132 Å². The Bertz CT molecular complexity index is 1180. The number of aromatic nitrogens is 3. The molecule has 3 aromatic rings. The molecule has 0 aliphatic rings. The summed E-state index contributed by atoms with van der Waals surface area (Å²) in [4.78, 5) is 34.9. The van der Waals surface area contributed by atoms with E-state index in [1.54, 1.807) is 22.8 Å². The third-order valence-electron chi connectivity index (χ3n) is 4.49. The van der Waals surface area contributed by atoms with E-state index in [1.807, 2.05) is 19.1 Å². The zero-order valence-corrected chi connectivity index (χ0v) is 18.7. The SMILES string of the molecule is C=CCn1c(CNC(=O)c2cccc(C)c2)nnc1SCC(=O)Nc1ccc([N+](=O)[O-])cc1. The van der Waals surface area contributed by atoms with Gasteiger partial charge in [0.1, 0.15) is 0 Å². The van der Waals surface area contributed by atoms with Crippen molar-refractivity contribution in [2.45, 2.75) is 25.2 Å². The van der Waals surface area contributed by atoms with Crippen molar-refractivity contribution in [1.29, 1.82) is 0 Å². The Morgan fingerprint density at radius 3 is 2.64 bits per heavy atom. The van der Waals surface area contributed by atoms with Crippen molar-refractivity contribution in [3.8, 4) is 0 Å². The van der Waals surface area contributed by atoms with Gasteiger partial charge in [0.15, 0.2) is 11.0 Å². The van der Waals surface area contributed by atoms with E-state index in [0.717, 1.165) is 5.56 Å². The van der Waals surface area contributed by atoms with Gasteiger partial charge < -0.3 is 15.2 Å². The molecule has 1 aromatic heterocycles. The number of nitro benzene ring substituents is 1. The largest absolute Gasteiger partial charge is 0.345 e. The quantitative estimate of drug-likeness (QED) is 0.203. The molecule has 3 rings (SSSR count). The standard InChI is InChI=1S/C22H22N6O4S/c1-3-11-27-19(13-23-21(30)16-6-4-5-15(2)12-16)25-26-22(27)33-14-20(29)24-17-7-9-18(10-8-17)28(31)32/h3-10,12H,1,11,13-14H2,2H3,(H,23,30)(H,24,29). The second kappa shape index (κ2) is 11.0. The fourth-order valence-electron chi connectivity index (χ4n) is 2.91. The van der Waals surface area contributed by atoms with Gasteiger partial charge in [0.05, 0.1) is 17.2 Å². The summed E-state index contributed by atoms with van der Waals surface area (Å²) >= 11 is 1.18. The molecule has 0 radical (unpaired) electrons. The Labute approximate surface area is 194 Å². The molecule has 0 bridgehead atoms. The number of allylic oxidation sites excluding steroid dienone is 1. The number of nitro groups is 1. The number of rotatable bonds is 10. The summed E-state index contributed by atoms with van der Waals surface area (Å²) in [6, 6.07) is 12.9. The van der Waals surface area contributed by atoms with E-state index >= 15 is 0 Å². The number of carbonyl (C=O) groups excluding carboxylic acids is 2. The van der Waals surface area contributed by atoms with Gasteiger partial charge in [-0.2, -0.15) is 0 Å². The minimum atomic E-state index is -0.505.